The Morgan fingerprint density at radius 1 is 1.11 bits per heavy atom. The van der Waals surface area contributed by atoms with Crippen LogP contribution in [0.2, 0.25) is 0 Å². The molecule has 0 atom stereocenters. The van der Waals surface area contributed by atoms with Crippen LogP contribution in [0.4, 0.5) is 0 Å². The van der Waals surface area contributed by atoms with Gasteiger partial charge in [-0.2, -0.15) is 0 Å². The number of nitrogens with zero attached hydrogens (tertiary/aromatic N) is 2. The molecule has 18 heavy (non-hydrogen) atoms. The van der Waals surface area contributed by atoms with Gasteiger partial charge in [0.2, 0.25) is 0 Å². The van der Waals surface area contributed by atoms with E-state index in [0.29, 0.717) is 0 Å². The lowest BCUT2D eigenvalue weighted by Gasteiger charge is -2.05. The molecule has 2 aromatic rings. The van der Waals surface area contributed by atoms with Gasteiger partial charge in [0.1, 0.15) is 5.75 Å². The molecule has 3 nitrogen and oxygen atoms in total. The molecule has 0 saturated heterocycles. The van der Waals surface area contributed by atoms with Crippen LogP contribution in [0.5, 0.6) is 5.75 Å². The fourth-order valence-electron chi connectivity index (χ4n) is 1.67. The Kier molecular flexibility index (Phi) is 4.20. The largest absolute Gasteiger partial charge is 0.497 e. The summed E-state index contributed by atoms with van der Waals surface area (Å²) in [6.45, 7) is 3.98. The third-order valence-corrected chi connectivity index (χ3v) is 3.38. The lowest BCUT2D eigenvalue weighted by Crippen LogP contribution is -1.93. The van der Waals surface area contributed by atoms with Gasteiger partial charge in [-0.3, -0.25) is 0 Å². The van der Waals surface area contributed by atoms with E-state index in [1.54, 1.807) is 18.9 Å². The second-order valence-corrected chi connectivity index (χ2v) is 5.02. The van der Waals surface area contributed by atoms with E-state index in [-0.39, 0.29) is 0 Å². The standard InChI is InChI=1S/C14H16N2OS/c1-10-7-11(2)16-14(15-10)18-9-12-5-4-6-13(8-12)17-3/h4-8H,9H2,1-3H3. The zero-order valence-electron chi connectivity index (χ0n) is 10.8. The first-order valence-electron chi connectivity index (χ1n) is 5.75. The van der Waals surface area contributed by atoms with Gasteiger partial charge in [-0.1, -0.05) is 23.9 Å². The van der Waals surface area contributed by atoms with Crippen molar-refractivity contribution in [3.05, 3.63) is 47.3 Å². The third-order valence-electron chi connectivity index (χ3n) is 2.46. The number of aryl methyl sites for hydroxylation is 2. The van der Waals surface area contributed by atoms with E-state index < -0.39 is 0 Å². The van der Waals surface area contributed by atoms with E-state index in [2.05, 4.69) is 16.0 Å². The molecule has 0 fully saturated rings. The van der Waals surface area contributed by atoms with Gasteiger partial charge in [-0.25, -0.2) is 9.97 Å². The fourth-order valence-corrected chi connectivity index (χ4v) is 2.56. The molecule has 0 aliphatic heterocycles. The molecule has 0 amide bonds. The number of ether oxygens (including phenoxy) is 1. The van der Waals surface area contributed by atoms with E-state index in [0.717, 1.165) is 28.0 Å². The van der Waals surface area contributed by atoms with Crippen molar-refractivity contribution in [2.24, 2.45) is 0 Å². The SMILES string of the molecule is COc1cccc(CSc2nc(C)cc(C)n2)c1. The fraction of sp³-hybridized carbons (Fsp3) is 0.286. The molecule has 94 valence electrons. The summed E-state index contributed by atoms with van der Waals surface area (Å²) in [5.41, 5.74) is 3.23. The lowest BCUT2D eigenvalue weighted by molar-refractivity contribution is 0.414. The molecule has 4 heteroatoms. The van der Waals surface area contributed by atoms with Crippen LogP contribution < -0.4 is 4.74 Å². The van der Waals surface area contributed by atoms with Crippen molar-refractivity contribution in [1.82, 2.24) is 9.97 Å². The van der Waals surface area contributed by atoms with Crippen molar-refractivity contribution in [2.45, 2.75) is 24.8 Å². The number of thioether (sulfide) groups is 1. The Bertz CT molecular complexity index is 523. The van der Waals surface area contributed by atoms with E-state index in [1.807, 2.05) is 38.1 Å². The van der Waals surface area contributed by atoms with E-state index >= 15 is 0 Å². The summed E-state index contributed by atoms with van der Waals surface area (Å²) in [6.07, 6.45) is 0. The summed E-state index contributed by atoms with van der Waals surface area (Å²) >= 11 is 1.64. The van der Waals surface area contributed by atoms with E-state index in [4.69, 9.17) is 4.74 Å². The van der Waals surface area contributed by atoms with Crippen molar-refractivity contribution in [2.75, 3.05) is 7.11 Å². The molecule has 0 unspecified atom stereocenters. The van der Waals surface area contributed by atoms with Crippen molar-refractivity contribution >= 4 is 11.8 Å². The molecule has 0 N–H and O–H groups in total. The van der Waals surface area contributed by atoms with Crippen LogP contribution in [-0.2, 0) is 5.75 Å². The normalized spacial score (nSPS) is 10.4. The zero-order valence-corrected chi connectivity index (χ0v) is 11.6. The van der Waals surface area contributed by atoms with E-state index in [9.17, 15) is 0 Å². The molecule has 0 aliphatic carbocycles. The molecule has 0 spiro atoms. The quantitative estimate of drug-likeness (QED) is 0.623. The second kappa shape index (κ2) is 5.87. The maximum atomic E-state index is 5.20. The van der Waals surface area contributed by atoms with Crippen molar-refractivity contribution < 1.29 is 4.74 Å². The van der Waals surface area contributed by atoms with Gasteiger partial charge in [0.05, 0.1) is 7.11 Å². The number of benzene rings is 1. The minimum Gasteiger partial charge on any atom is -0.497 e. The summed E-state index contributed by atoms with van der Waals surface area (Å²) in [5.74, 6) is 1.73. The van der Waals surface area contributed by atoms with Crippen molar-refractivity contribution in [3.63, 3.8) is 0 Å². The molecule has 0 saturated carbocycles. The predicted octanol–water partition coefficient (Wildman–Crippen LogP) is 3.39. The van der Waals surface area contributed by atoms with E-state index in [1.165, 1.54) is 5.56 Å². The summed E-state index contributed by atoms with van der Waals surface area (Å²) in [6, 6.07) is 10.0. The minimum atomic E-state index is 0.829. The van der Waals surface area contributed by atoms with Crippen LogP contribution in [-0.4, -0.2) is 17.1 Å². The van der Waals surface area contributed by atoms with Gasteiger partial charge < -0.3 is 4.74 Å². The zero-order chi connectivity index (χ0) is 13.0. The Morgan fingerprint density at radius 2 is 1.83 bits per heavy atom. The van der Waals surface area contributed by atoms with Crippen LogP contribution >= 0.6 is 11.8 Å². The smallest absolute Gasteiger partial charge is 0.188 e. The van der Waals surface area contributed by atoms with Gasteiger partial charge >= 0.3 is 0 Å². The first kappa shape index (κ1) is 12.9. The number of hydrogen-bond acceptors (Lipinski definition) is 4. The summed E-state index contributed by atoms with van der Waals surface area (Å²) in [4.78, 5) is 8.82. The molecule has 1 aromatic heterocycles. The van der Waals surface area contributed by atoms with Gasteiger partial charge in [-0.15, -0.1) is 0 Å². The molecule has 0 bridgehead atoms. The molecule has 0 radical (unpaired) electrons. The van der Waals surface area contributed by atoms with Crippen LogP contribution in [0.1, 0.15) is 17.0 Å². The van der Waals surface area contributed by atoms with Crippen molar-refractivity contribution in [1.29, 1.82) is 0 Å². The highest BCUT2D eigenvalue weighted by molar-refractivity contribution is 7.98. The molecule has 0 aliphatic rings. The van der Waals surface area contributed by atoms with Crippen LogP contribution in [0.15, 0.2) is 35.5 Å². The summed E-state index contributed by atoms with van der Waals surface area (Å²) in [5, 5.41) is 0.829. The Labute approximate surface area is 112 Å². The Hall–Kier alpha value is -1.55. The molecule has 1 aromatic carbocycles. The highest BCUT2D eigenvalue weighted by Gasteiger charge is 2.02. The predicted molar refractivity (Wildman–Crippen MR) is 74.1 cm³/mol. The Morgan fingerprint density at radius 3 is 2.50 bits per heavy atom. The maximum absolute atomic E-state index is 5.20. The number of methoxy groups -OCH3 is 1. The summed E-state index contributed by atoms with van der Waals surface area (Å²) < 4.78 is 5.20. The highest BCUT2D eigenvalue weighted by Crippen LogP contribution is 2.22. The third kappa shape index (κ3) is 3.47. The maximum Gasteiger partial charge on any atom is 0.188 e. The number of rotatable bonds is 4. The van der Waals surface area contributed by atoms with Gasteiger partial charge in [-0.05, 0) is 37.6 Å². The second-order valence-electron chi connectivity index (χ2n) is 4.07. The molecular formula is C14H16N2OS. The van der Waals surface area contributed by atoms with Gasteiger partial charge in [0.25, 0.3) is 0 Å². The minimum absolute atomic E-state index is 0.829. The highest BCUT2D eigenvalue weighted by atomic mass is 32.2. The van der Waals surface area contributed by atoms with Gasteiger partial charge in [0.15, 0.2) is 5.16 Å². The molecule has 1 heterocycles. The lowest BCUT2D eigenvalue weighted by atomic mass is 10.2. The topological polar surface area (TPSA) is 35.0 Å². The molecule has 2 rings (SSSR count). The van der Waals surface area contributed by atoms with Crippen molar-refractivity contribution in [3.8, 4) is 5.75 Å². The monoisotopic (exact) mass is 260 g/mol. The Balaban J connectivity index is 2.06. The first-order valence-corrected chi connectivity index (χ1v) is 6.74. The summed E-state index contributed by atoms with van der Waals surface area (Å²) in [7, 11) is 1.68. The first-order chi connectivity index (χ1) is 8.67. The number of aromatic nitrogens is 2. The van der Waals surface area contributed by atoms with Crippen LogP contribution in [0, 0.1) is 13.8 Å². The molecular weight excluding hydrogens is 244 g/mol. The number of hydrogen-bond donors (Lipinski definition) is 0. The van der Waals surface area contributed by atoms with Crippen LogP contribution in [0.3, 0.4) is 0 Å². The van der Waals surface area contributed by atoms with Gasteiger partial charge in [0, 0.05) is 17.1 Å². The van der Waals surface area contributed by atoms with Crippen LogP contribution in [0.25, 0.3) is 0 Å². The average Bonchev–Trinajstić information content (AvgIpc) is 2.35. The average molecular weight is 260 g/mol.